The van der Waals surface area contributed by atoms with Crippen LogP contribution in [0.15, 0.2) is 24.3 Å². The normalized spacial score (nSPS) is 16.8. The molecule has 1 aromatic carbocycles. The van der Waals surface area contributed by atoms with Crippen molar-refractivity contribution in [2.75, 3.05) is 19.8 Å². The summed E-state index contributed by atoms with van der Waals surface area (Å²) in [6, 6.07) is 7.01. The monoisotopic (exact) mass is 348 g/mol. The first-order chi connectivity index (χ1) is 11.7. The molecule has 0 atom stereocenters. The van der Waals surface area contributed by atoms with Gasteiger partial charge in [-0.3, -0.25) is 4.79 Å². The van der Waals surface area contributed by atoms with Gasteiger partial charge in [-0.15, -0.1) is 0 Å². The third-order valence-electron chi connectivity index (χ3n) is 3.96. The van der Waals surface area contributed by atoms with Gasteiger partial charge in [0.1, 0.15) is 11.4 Å². The number of amides is 1. The van der Waals surface area contributed by atoms with Crippen LogP contribution in [-0.2, 0) is 14.3 Å². The second-order valence-electron chi connectivity index (χ2n) is 7.29. The maximum Gasteiger partial charge on any atom is 0.407 e. The van der Waals surface area contributed by atoms with Crippen LogP contribution in [0.1, 0.15) is 39.2 Å². The van der Waals surface area contributed by atoms with E-state index in [1.807, 2.05) is 6.07 Å². The SMILES string of the molecule is [CH2]c1cccc(OC(=O)C2(CNC(=O)OC(C)(C)C)CCOCC2)c1. The van der Waals surface area contributed by atoms with Crippen LogP contribution < -0.4 is 10.1 Å². The van der Waals surface area contributed by atoms with Crippen molar-refractivity contribution in [3.05, 3.63) is 36.8 Å². The Hall–Kier alpha value is -2.08. The smallest absolute Gasteiger partial charge is 0.407 e. The Kier molecular flexibility index (Phi) is 6.06. The third kappa shape index (κ3) is 5.74. The van der Waals surface area contributed by atoms with Gasteiger partial charge in [-0.2, -0.15) is 0 Å². The highest BCUT2D eigenvalue weighted by atomic mass is 16.6. The Labute approximate surface area is 148 Å². The quantitative estimate of drug-likeness (QED) is 0.668. The predicted octanol–water partition coefficient (Wildman–Crippen LogP) is 3.10. The van der Waals surface area contributed by atoms with Crippen molar-refractivity contribution in [2.24, 2.45) is 5.41 Å². The van der Waals surface area contributed by atoms with Crippen molar-refractivity contribution in [3.63, 3.8) is 0 Å². The van der Waals surface area contributed by atoms with Crippen molar-refractivity contribution >= 4 is 12.1 Å². The number of rotatable bonds is 4. The summed E-state index contributed by atoms with van der Waals surface area (Å²) >= 11 is 0. The van der Waals surface area contributed by atoms with Crippen molar-refractivity contribution in [1.29, 1.82) is 0 Å². The first-order valence-electron chi connectivity index (χ1n) is 8.39. The summed E-state index contributed by atoms with van der Waals surface area (Å²) in [5, 5.41) is 2.70. The summed E-state index contributed by atoms with van der Waals surface area (Å²) in [7, 11) is 0. The fraction of sp³-hybridized carbons (Fsp3) is 0.526. The summed E-state index contributed by atoms with van der Waals surface area (Å²) in [6.45, 7) is 10.2. The lowest BCUT2D eigenvalue weighted by atomic mass is 9.80. The minimum atomic E-state index is -0.827. The number of nitrogens with one attached hydrogen (secondary N) is 1. The van der Waals surface area contributed by atoms with Gasteiger partial charge < -0.3 is 19.5 Å². The van der Waals surface area contributed by atoms with E-state index in [1.165, 1.54) is 0 Å². The zero-order chi connectivity index (χ0) is 18.5. The lowest BCUT2D eigenvalue weighted by molar-refractivity contribution is -0.151. The van der Waals surface area contributed by atoms with Gasteiger partial charge in [-0.1, -0.05) is 12.1 Å². The maximum absolute atomic E-state index is 12.8. The number of ether oxygens (including phenoxy) is 3. The second kappa shape index (κ2) is 7.87. The molecule has 6 heteroatoms. The van der Waals surface area contributed by atoms with Gasteiger partial charge in [0.25, 0.3) is 0 Å². The van der Waals surface area contributed by atoms with E-state index in [9.17, 15) is 9.59 Å². The molecule has 1 N–H and O–H groups in total. The van der Waals surface area contributed by atoms with Gasteiger partial charge in [-0.25, -0.2) is 4.79 Å². The highest BCUT2D eigenvalue weighted by Crippen LogP contribution is 2.32. The Balaban J connectivity index is 2.06. The summed E-state index contributed by atoms with van der Waals surface area (Å²) in [4.78, 5) is 24.8. The highest BCUT2D eigenvalue weighted by molar-refractivity contribution is 5.80. The van der Waals surface area contributed by atoms with E-state index >= 15 is 0 Å². The fourth-order valence-electron chi connectivity index (χ4n) is 2.60. The van der Waals surface area contributed by atoms with Crippen molar-refractivity contribution in [2.45, 2.75) is 39.2 Å². The lowest BCUT2D eigenvalue weighted by Gasteiger charge is -2.35. The molecule has 6 nitrogen and oxygen atoms in total. The Bertz CT molecular complexity index is 614. The Morgan fingerprint density at radius 2 is 1.96 bits per heavy atom. The molecule has 0 unspecified atom stereocenters. The molecule has 25 heavy (non-hydrogen) atoms. The molecular weight excluding hydrogens is 322 g/mol. The van der Waals surface area contributed by atoms with Crippen molar-refractivity contribution < 1.29 is 23.8 Å². The molecule has 1 radical (unpaired) electrons. The number of carbonyl (C=O) groups excluding carboxylic acids is 2. The van der Waals surface area contributed by atoms with Crippen LogP contribution in [0, 0.1) is 12.3 Å². The van der Waals surface area contributed by atoms with Gasteiger partial charge in [0, 0.05) is 19.8 Å². The van der Waals surface area contributed by atoms with Gasteiger partial charge in [0.05, 0.1) is 5.41 Å². The maximum atomic E-state index is 12.8. The van der Waals surface area contributed by atoms with Gasteiger partial charge >= 0.3 is 12.1 Å². The molecular formula is C19H26NO5. The van der Waals surface area contributed by atoms with Gasteiger partial charge in [-0.05, 0) is 58.2 Å². The molecule has 1 aliphatic heterocycles. The molecule has 0 bridgehead atoms. The van der Waals surface area contributed by atoms with Crippen LogP contribution in [0.3, 0.4) is 0 Å². The number of hydrogen-bond acceptors (Lipinski definition) is 5. The van der Waals surface area contributed by atoms with E-state index in [2.05, 4.69) is 12.2 Å². The molecule has 137 valence electrons. The number of benzene rings is 1. The third-order valence-corrected chi connectivity index (χ3v) is 3.96. The minimum Gasteiger partial charge on any atom is -0.444 e. The van der Waals surface area contributed by atoms with Crippen LogP contribution in [0.2, 0.25) is 0 Å². The largest absolute Gasteiger partial charge is 0.444 e. The molecule has 2 rings (SSSR count). The first-order valence-corrected chi connectivity index (χ1v) is 8.39. The Morgan fingerprint density at radius 1 is 1.28 bits per heavy atom. The molecule has 1 heterocycles. The zero-order valence-corrected chi connectivity index (χ0v) is 15.1. The van der Waals surface area contributed by atoms with E-state index in [4.69, 9.17) is 14.2 Å². The Morgan fingerprint density at radius 3 is 2.56 bits per heavy atom. The van der Waals surface area contributed by atoms with E-state index in [0.29, 0.717) is 31.8 Å². The molecule has 0 aromatic heterocycles. The predicted molar refractivity (Wildman–Crippen MR) is 93.3 cm³/mol. The minimum absolute atomic E-state index is 0.147. The second-order valence-corrected chi connectivity index (χ2v) is 7.29. The van der Waals surface area contributed by atoms with Crippen molar-refractivity contribution in [3.8, 4) is 5.75 Å². The summed E-state index contributed by atoms with van der Waals surface area (Å²) in [6.07, 6.45) is 0.406. The van der Waals surface area contributed by atoms with Gasteiger partial charge in [0.2, 0.25) is 0 Å². The van der Waals surface area contributed by atoms with Crippen molar-refractivity contribution in [1.82, 2.24) is 5.32 Å². The van der Waals surface area contributed by atoms with Crippen LogP contribution in [-0.4, -0.2) is 37.4 Å². The summed E-state index contributed by atoms with van der Waals surface area (Å²) < 4.78 is 16.2. The molecule has 1 saturated heterocycles. The summed E-state index contributed by atoms with van der Waals surface area (Å²) in [5.74, 6) is 0.0677. The van der Waals surface area contributed by atoms with Crippen LogP contribution in [0.4, 0.5) is 4.79 Å². The van der Waals surface area contributed by atoms with Gasteiger partial charge in [0.15, 0.2) is 0 Å². The number of esters is 1. The lowest BCUT2D eigenvalue weighted by Crippen LogP contribution is -2.49. The zero-order valence-electron chi connectivity index (χ0n) is 15.1. The highest BCUT2D eigenvalue weighted by Gasteiger charge is 2.42. The number of alkyl carbamates (subject to hydrolysis) is 1. The molecule has 1 aliphatic rings. The number of hydrogen-bond donors (Lipinski definition) is 1. The molecule has 1 fully saturated rings. The first kappa shape index (κ1) is 19.2. The molecule has 0 saturated carbocycles. The van der Waals surface area contributed by atoms with Crippen LogP contribution in [0.25, 0.3) is 0 Å². The average molecular weight is 348 g/mol. The molecule has 0 spiro atoms. The average Bonchev–Trinajstić information content (AvgIpc) is 2.52. The topological polar surface area (TPSA) is 73.9 Å². The van der Waals surface area contributed by atoms with E-state index < -0.39 is 17.1 Å². The van der Waals surface area contributed by atoms with E-state index in [0.717, 1.165) is 5.56 Å². The molecule has 1 aromatic rings. The van der Waals surface area contributed by atoms with E-state index in [-0.39, 0.29) is 12.5 Å². The fourth-order valence-corrected chi connectivity index (χ4v) is 2.60. The van der Waals surface area contributed by atoms with Crippen LogP contribution >= 0.6 is 0 Å². The molecule has 0 aliphatic carbocycles. The standard InChI is InChI=1S/C19H26NO5/c1-14-6-5-7-15(12-14)24-16(21)19(8-10-23-11-9-19)13-20-17(22)25-18(2,3)4/h5-7,12H,1,8-11,13H2,2-4H3,(H,20,22). The summed E-state index contributed by atoms with van der Waals surface area (Å²) in [5.41, 5.74) is -0.660. The number of carbonyl (C=O) groups is 2. The van der Waals surface area contributed by atoms with Crippen LogP contribution in [0.5, 0.6) is 5.75 Å². The molecule has 1 amide bonds. The van der Waals surface area contributed by atoms with E-state index in [1.54, 1.807) is 39.0 Å².